The van der Waals surface area contributed by atoms with Gasteiger partial charge in [0.25, 0.3) is 11.5 Å². The van der Waals surface area contributed by atoms with Crippen LogP contribution in [0.5, 0.6) is 0 Å². The Morgan fingerprint density at radius 1 is 1.18 bits per heavy atom. The molecule has 22 heavy (non-hydrogen) atoms. The molecule has 0 saturated heterocycles. The van der Waals surface area contributed by atoms with Gasteiger partial charge >= 0.3 is 0 Å². The summed E-state index contributed by atoms with van der Waals surface area (Å²) in [6.45, 7) is 1.26. The van der Waals surface area contributed by atoms with Crippen molar-refractivity contribution >= 4 is 5.91 Å². The van der Waals surface area contributed by atoms with Crippen molar-refractivity contribution in [3.05, 3.63) is 69.6 Å². The Kier molecular flexibility index (Phi) is 5.12. The van der Waals surface area contributed by atoms with Gasteiger partial charge in [0.15, 0.2) is 0 Å². The number of nitrogens with zero attached hydrogens (tertiary/aromatic N) is 2. The van der Waals surface area contributed by atoms with Gasteiger partial charge in [-0.15, -0.1) is 0 Å². The highest BCUT2D eigenvalue weighted by Gasteiger charge is 2.08. The first kappa shape index (κ1) is 16.0. The van der Waals surface area contributed by atoms with Gasteiger partial charge in [0.2, 0.25) is 0 Å². The standard InChI is InChI=1S/C17H21N3O2/c1-19(2)12-15-7-5-4-6-14(15)11-18-17(22)13-8-9-20(3)16(21)10-13/h4-10H,11-12H2,1-3H3,(H,18,22). The second kappa shape index (κ2) is 7.04. The first-order valence-electron chi connectivity index (χ1n) is 7.14. The van der Waals surface area contributed by atoms with Crippen LogP contribution in [0.15, 0.2) is 47.4 Å². The van der Waals surface area contributed by atoms with Gasteiger partial charge in [0, 0.05) is 38.0 Å². The third-order valence-corrected chi connectivity index (χ3v) is 3.41. The number of aryl methyl sites for hydroxylation is 1. The SMILES string of the molecule is CN(C)Cc1ccccc1CNC(=O)c1ccn(C)c(=O)c1. The van der Waals surface area contributed by atoms with Crippen LogP contribution in [0.3, 0.4) is 0 Å². The molecular formula is C17H21N3O2. The van der Waals surface area contributed by atoms with E-state index >= 15 is 0 Å². The molecule has 5 heteroatoms. The maximum Gasteiger partial charge on any atom is 0.251 e. The molecule has 2 rings (SSSR count). The molecular weight excluding hydrogens is 278 g/mol. The van der Waals surface area contributed by atoms with Crippen LogP contribution in [0, 0.1) is 0 Å². The number of rotatable bonds is 5. The van der Waals surface area contributed by atoms with E-state index in [0.29, 0.717) is 12.1 Å². The summed E-state index contributed by atoms with van der Waals surface area (Å²) < 4.78 is 1.43. The molecule has 116 valence electrons. The van der Waals surface area contributed by atoms with E-state index in [1.165, 1.54) is 16.2 Å². The quantitative estimate of drug-likeness (QED) is 0.907. The summed E-state index contributed by atoms with van der Waals surface area (Å²) in [5.74, 6) is -0.239. The van der Waals surface area contributed by atoms with Crippen molar-refractivity contribution < 1.29 is 4.79 Å². The van der Waals surface area contributed by atoms with Crippen molar-refractivity contribution in [3.8, 4) is 0 Å². The van der Waals surface area contributed by atoms with Crippen molar-refractivity contribution in [1.82, 2.24) is 14.8 Å². The van der Waals surface area contributed by atoms with Crippen LogP contribution in [-0.4, -0.2) is 29.5 Å². The zero-order valence-electron chi connectivity index (χ0n) is 13.2. The predicted octanol–water partition coefficient (Wildman–Crippen LogP) is 1.38. The van der Waals surface area contributed by atoms with Gasteiger partial charge in [-0.05, 0) is 31.3 Å². The Hall–Kier alpha value is -2.40. The van der Waals surface area contributed by atoms with E-state index < -0.39 is 0 Å². The zero-order chi connectivity index (χ0) is 16.1. The second-order valence-electron chi connectivity index (χ2n) is 5.55. The summed E-state index contributed by atoms with van der Waals surface area (Å²) in [5, 5.41) is 2.87. The molecule has 0 aliphatic rings. The fourth-order valence-electron chi connectivity index (χ4n) is 2.19. The van der Waals surface area contributed by atoms with Crippen molar-refractivity contribution in [3.63, 3.8) is 0 Å². The second-order valence-corrected chi connectivity index (χ2v) is 5.55. The van der Waals surface area contributed by atoms with Crippen molar-refractivity contribution in [1.29, 1.82) is 0 Å². The largest absolute Gasteiger partial charge is 0.348 e. The molecule has 0 saturated carbocycles. The van der Waals surface area contributed by atoms with E-state index in [0.717, 1.165) is 12.1 Å². The number of aromatic nitrogens is 1. The van der Waals surface area contributed by atoms with E-state index in [-0.39, 0.29) is 11.5 Å². The third-order valence-electron chi connectivity index (χ3n) is 3.41. The normalized spacial score (nSPS) is 10.7. The van der Waals surface area contributed by atoms with E-state index in [2.05, 4.69) is 16.3 Å². The van der Waals surface area contributed by atoms with E-state index in [9.17, 15) is 9.59 Å². The maximum atomic E-state index is 12.1. The van der Waals surface area contributed by atoms with Crippen molar-refractivity contribution in [2.45, 2.75) is 13.1 Å². The van der Waals surface area contributed by atoms with Gasteiger partial charge in [-0.25, -0.2) is 0 Å². The molecule has 0 radical (unpaired) electrons. The van der Waals surface area contributed by atoms with Crippen LogP contribution >= 0.6 is 0 Å². The number of hydrogen-bond donors (Lipinski definition) is 1. The number of pyridine rings is 1. The lowest BCUT2D eigenvalue weighted by Crippen LogP contribution is -2.26. The third kappa shape index (κ3) is 4.05. The Morgan fingerprint density at radius 3 is 2.50 bits per heavy atom. The van der Waals surface area contributed by atoms with Crippen molar-refractivity contribution in [2.75, 3.05) is 14.1 Å². The van der Waals surface area contributed by atoms with Gasteiger partial charge in [0.05, 0.1) is 0 Å². The summed E-state index contributed by atoms with van der Waals surface area (Å²) >= 11 is 0. The molecule has 0 bridgehead atoms. The summed E-state index contributed by atoms with van der Waals surface area (Å²) in [6.07, 6.45) is 1.59. The van der Waals surface area contributed by atoms with Crippen LogP contribution in [0.25, 0.3) is 0 Å². The minimum atomic E-state index is -0.239. The van der Waals surface area contributed by atoms with Crippen LogP contribution in [0.2, 0.25) is 0 Å². The van der Waals surface area contributed by atoms with Gasteiger partial charge in [-0.1, -0.05) is 24.3 Å². The van der Waals surface area contributed by atoms with Gasteiger partial charge in [-0.3, -0.25) is 9.59 Å². The Bertz CT molecular complexity index is 720. The number of carbonyl (C=O) groups excluding carboxylic acids is 1. The minimum Gasteiger partial charge on any atom is -0.348 e. The highest BCUT2D eigenvalue weighted by Crippen LogP contribution is 2.10. The highest BCUT2D eigenvalue weighted by atomic mass is 16.2. The number of amides is 1. The summed E-state index contributed by atoms with van der Waals surface area (Å²) in [5.41, 5.74) is 2.44. The Labute approximate surface area is 130 Å². The average Bonchev–Trinajstić information content (AvgIpc) is 2.48. The number of benzene rings is 1. The number of carbonyl (C=O) groups is 1. The number of hydrogen-bond acceptors (Lipinski definition) is 3. The van der Waals surface area contributed by atoms with Gasteiger partial charge in [0.1, 0.15) is 0 Å². The topological polar surface area (TPSA) is 54.3 Å². The molecule has 0 aliphatic heterocycles. The summed E-state index contributed by atoms with van der Waals surface area (Å²) in [6, 6.07) is 11.0. The van der Waals surface area contributed by atoms with E-state index in [1.807, 2.05) is 32.3 Å². The van der Waals surface area contributed by atoms with Gasteiger partial charge < -0.3 is 14.8 Å². The molecule has 1 aromatic heterocycles. The molecule has 2 aromatic rings. The molecule has 1 N–H and O–H groups in total. The van der Waals surface area contributed by atoms with Crippen LogP contribution in [0.4, 0.5) is 0 Å². The van der Waals surface area contributed by atoms with Crippen LogP contribution in [0.1, 0.15) is 21.5 Å². The molecule has 0 unspecified atom stereocenters. The first-order valence-corrected chi connectivity index (χ1v) is 7.14. The molecule has 0 atom stereocenters. The fourth-order valence-corrected chi connectivity index (χ4v) is 2.19. The first-order chi connectivity index (χ1) is 10.5. The Morgan fingerprint density at radius 2 is 1.86 bits per heavy atom. The number of nitrogens with one attached hydrogen (secondary N) is 1. The monoisotopic (exact) mass is 299 g/mol. The molecule has 1 heterocycles. The molecule has 0 spiro atoms. The van der Waals surface area contributed by atoms with Crippen LogP contribution in [-0.2, 0) is 20.1 Å². The predicted molar refractivity (Wildman–Crippen MR) is 86.7 cm³/mol. The molecule has 0 aliphatic carbocycles. The molecule has 1 aromatic carbocycles. The lowest BCUT2D eigenvalue weighted by atomic mass is 10.1. The average molecular weight is 299 g/mol. The molecule has 1 amide bonds. The Balaban J connectivity index is 2.08. The molecule has 0 fully saturated rings. The maximum absolute atomic E-state index is 12.1. The smallest absolute Gasteiger partial charge is 0.251 e. The molecule has 5 nitrogen and oxygen atoms in total. The zero-order valence-corrected chi connectivity index (χ0v) is 13.2. The van der Waals surface area contributed by atoms with E-state index in [1.54, 1.807) is 19.3 Å². The van der Waals surface area contributed by atoms with Gasteiger partial charge in [-0.2, -0.15) is 0 Å². The highest BCUT2D eigenvalue weighted by molar-refractivity contribution is 5.93. The minimum absolute atomic E-state index is 0.194. The fraction of sp³-hybridized carbons (Fsp3) is 0.294. The summed E-state index contributed by atoms with van der Waals surface area (Å²) in [4.78, 5) is 25.8. The summed E-state index contributed by atoms with van der Waals surface area (Å²) in [7, 11) is 5.67. The van der Waals surface area contributed by atoms with Crippen LogP contribution < -0.4 is 10.9 Å². The van der Waals surface area contributed by atoms with E-state index in [4.69, 9.17) is 0 Å². The lowest BCUT2D eigenvalue weighted by molar-refractivity contribution is 0.0950. The lowest BCUT2D eigenvalue weighted by Gasteiger charge is -2.14. The van der Waals surface area contributed by atoms with Crippen molar-refractivity contribution in [2.24, 2.45) is 7.05 Å².